The second kappa shape index (κ2) is 11.3. The van der Waals surface area contributed by atoms with E-state index in [1.54, 1.807) is 42.3 Å². The van der Waals surface area contributed by atoms with E-state index in [1.807, 2.05) is 20.2 Å². The fourth-order valence-corrected chi connectivity index (χ4v) is 5.05. The molecule has 9 nitrogen and oxygen atoms in total. The first-order valence-electron chi connectivity index (χ1n) is 12.7. The number of nitrogens with zero attached hydrogens (tertiary/aromatic N) is 5. The number of halogens is 2. The second-order valence-electron chi connectivity index (χ2n) is 9.73. The number of hydrogen-bond acceptors (Lipinski definition) is 5. The van der Waals surface area contributed by atoms with E-state index in [2.05, 4.69) is 20.6 Å². The number of benzene rings is 2. The molecular formula is C28H31F2N7O2. The third-order valence-corrected chi connectivity index (χ3v) is 7.01. The number of anilines is 1. The number of carbonyl (C=O) groups excluding carboxylic acids is 1. The molecular weight excluding hydrogens is 504 g/mol. The zero-order valence-electron chi connectivity index (χ0n) is 22.1. The topological polar surface area (TPSA) is 89.2 Å². The van der Waals surface area contributed by atoms with Gasteiger partial charge in [-0.1, -0.05) is 18.2 Å². The molecule has 1 fully saturated rings. The van der Waals surface area contributed by atoms with E-state index in [1.165, 1.54) is 28.9 Å². The van der Waals surface area contributed by atoms with Crippen LogP contribution in [0.4, 0.5) is 19.4 Å². The maximum absolute atomic E-state index is 14.1. The highest BCUT2D eigenvalue weighted by Gasteiger charge is 2.35. The molecule has 0 bridgehead atoms. The fraction of sp³-hybridized carbons (Fsp3) is 0.321. The highest BCUT2D eigenvalue weighted by atomic mass is 19.1. The van der Waals surface area contributed by atoms with Crippen molar-refractivity contribution in [3.05, 3.63) is 83.7 Å². The number of aryl methyl sites for hydroxylation is 1. The third kappa shape index (κ3) is 5.84. The fourth-order valence-electron chi connectivity index (χ4n) is 5.05. The van der Waals surface area contributed by atoms with Crippen LogP contribution in [-0.2, 0) is 11.8 Å². The minimum atomic E-state index is -0.418. The van der Waals surface area contributed by atoms with Gasteiger partial charge in [0.1, 0.15) is 23.1 Å². The normalized spacial score (nSPS) is 17.5. The number of methoxy groups -OCH3 is 1. The summed E-state index contributed by atoms with van der Waals surface area (Å²) in [5.74, 6) is -0.332. The Balaban J connectivity index is 1.42. The van der Waals surface area contributed by atoms with Gasteiger partial charge >= 0.3 is 6.03 Å². The van der Waals surface area contributed by atoms with Crippen LogP contribution in [0.5, 0.6) is 0 Å². The van der Waals surface area contributed by atoms with Crippen LogP contribution >= 0.6 is 0 Å². The van der Waals surface area contributed by atoms with Crippen LogP contribution in [-0.4, -0.2) is 69.9 Å². The van der Waals surface area contributed by atoms with E-state index < -0.39 is 11.8 Å². The molecule has 3 heterocycles. The van der Waals surface area contributed by atoms with Crippen molar-refractivity contribution >= 4 is 11.8 Å². The molecule has 204 valence electrons. The minimum absolute atomic E-state index is 0.0339. The quantitative estimate of drug-likeness (QED) is 0.355. The molecule has 39 heavy (non-hydrogen) atoms. The maximum Gasteiger partial charge on any atom is 0.320 e. The molecule has 4 aromatic rings. The van der Waals surface area contributed by atoms with Gasteiger partial charge in [-0.05, 0) is 42.8 Å². The molecule has 2 N–H and O–H groups in total. The molecule has 2 aromatic carbocycles. The average molecular weight is 536 g/mol. The van der Waals surface area contributed by atoms with E-state index in [9.17, 15) is 13.6 Å². The summed E-state index contributed by atoms with van der Waals surface area (Å²) >= 11 is 0. The van der Waals surface area contributed by atoms with Crippen molar-refractivity contribution < 1.29 is 18.3 Å². The molecule has 1 saturated heterocycles. The van der Waals surface area contributed by atoms with E-state index in [0.29, 0.717) is 49.0 Å². The van der Waals surface area contributed by atoms with Gasteiger partial charge in [-0.2, -0.15) is 10.2 Å². The molecule has 11 heteroatoms. The van der Waals surface area contributed by atoms with Crippen molar-refractivity contribution in [2.75, 3.05) is 38.7 Å². The number of carbonyl (C=O) groups is 1. The summed E-state index contributed by atoms with van der Waals surface area (Å²) in [5.41, 5.74) is 3.53. The van der Waals surface area contributed by atoms with E-state index >= 15 is 0 Å². The molecule has 2 atom stereocenters. The second-order valence-corrected chi connectivity index (χ2v) is 9.73. The van der Waals surface area contributed by atoms with Crippen molar-refractivity contribution in [1.29, 1.82) is 0 Å². The smallest absolute Gasteiger partial charge is 0.320 e. The maximum atomic E-state index is 14.1. The number of amides is 2. The van der Waals surface area contributed by atoms with Gasteiger partial charge in [-0.25, -0.2) is 18.3 Å². The molecule has 1 aliphatic heterocycles. The summed E-state index contributed by atoms with van der Waals surface area (Å²) in [5, 5.41) is 15.0. The molecule has 0 unspecified atom stereocenters. The van der Waals surface area contributed by atoms with Gasteiger partial charge in [-0.3, -0.25) is 14.9 Å². The van der Waals surface area contributed by atoms with Gasteiger partial charge in [0.05, 0.1) is 24.5 Å². The molecule has 0 aliphatic carbocycles. The SMILES string of the molecule is COCCN1C[C@@H](NC(=O)Nc2c(C)c(-c3cnn(C)c3)nn2-c2cccc(F)c2)[C@H](c2ccc(F)cc2)C1. The van der Waals surface area contributed by atoms with Gasteiger partial charge in [0.25, 0.3) is 0 Å². The number of likely N-dealkylation sites (tertiary alicyclic amines) is 1. The molecule has 1 aliphatic rings. The van der Waals surface area contributed by atoms with Crippen LogP contribution in [0.2, 0.25) is 0 Å². The van der Waals surface area contributed by atoms with Crippen LogP contribution in [0.1, 0.15) is 17.0 Å². The van der Waals surface area contributed by atoms with Crippen LogP contribution in [0.15, 0.2) is 60.9 Å². The van der Waals surface area contributed by atoms with Crippen molar-refractivity contribution in [3.63, 3.8) is 0 Å². The van der Waals surface area contributed by atoms with Crippen molar-refractivity contribution in [1.82, 2.24) is 29.8 Å². The predicted molar refractivity (Wildman–Crippen MR) is 144 cm³/mol. The Hall–Kier alpha value is -4.09. The molecule has 2 amide bonds. The summed E-state index contributed by atoms with van der Waals surface area (Å²) in [4.78, 5) is 15.6. The van der Waals surface area contributed by atoms with E-state index in [0.717, 1.165) is 11.1 Å². The number of hydrogen-bond donors (Lipinski definition) is 2. The Bertz CT molecular complexity index is 1450. The van der Waals surface area contributed by atoms with Gasteiger partial charge in [0, 0.05) is 57.0 Å². The first-order valence-corrected chi connectivity index (χ1v) is 12.7. The zero-order chi connectivity index (χ0) is 27.5. The number of ether oxygens (including phenoxy) is 1. The lowest BCUT2D eigenvalue weighted by Gasteiger charge is -2.21. The Morgan fingerprint density at radius 2 is 1.92 bits per heavy atom. The average Bonchev–Trinajstić information content (AvgIpc) is 3.61. The van der Waals surface area contributed by atoms with Gasteiger partial charge in [0.2, 0.25) is 0 Å². The molecule has 0 spiro atoms. The van der Waals surface area contributed by atoms with Gasteiger partial charge < -0.3 is 10.1 Å². The van der Waals surface area contributed by atoms with Crippen LogP contribution < -0.4 is 10.6 Å². The third-order valence-electron chi connectivity index (χ3n) is 7.01. The van der Waals surface area contributed by atoms with Crippen molar-refractivity contribution in [2.24, 2.45) is 7.05 Å². The van der Waals surface area contributed by atoms with Crippen LogP contribution in [0.25, 0.3) is 16.9 Å². The number of nitrogens with one attached hydrogen (secondary N) is 2. The van der Waals surface area contributed by atoms with Crippen LogP contribution in [0, 0.1) is 18.6 Å². The largest absolute Gasteiger partial charge is 0.383 e. The number of urea groups is 1. The summed E-state index contributed by atoms with van der Waals surface area (Å²) in [6.07, 6.45) is 3.52. The minimum Gasteiger partial charge on any atom is -0.383 e. The Labute approximate surface area is 225 Å². The summed E-state index contributed by atoms with van der Waals surface area (Å²) in [7, 11) is 3.46. The van der Waals surface area contributed by atoms with Gasteiger partial charge in [0.15, 0.2) is 0 Å². The standard InChI is InChI=1S/C28H31F2N7O2/c1-18-26(20-14-31-35(2)15-20)34-37(23-6-4-5-22(30)13-23)27(18)33-28(38)32-25-17-36(11-12-39-3)16-24(25)19-7-9-21(29)10-8-19/h4-10,13-15,24-25H,11-12,16-17H2,1-3H3,(H2,32,33,38)/t24-,25+/m0/s1. The number of rotatable bonds is 8. The number of aromatic nitrogens is 4. The summed E-state index contributed by atoms with van der Waals surface area (Å²) in [6, 6.07) is 11.8. The van der Waals surface area contributed by atoms with Crippen molar-refractivity contribution in [2.45, 2.75) is 18.9 Å². The molecule has 0 radical (unpaired) electrons. The van der Waals surface area contributed by atoms with E-state index in [4.69, 9.17) is 9.84 Å². The lowest BCUT2D eigenvalue weighted by Crippen LogP contribution is -2.42. The lowest BCUT2D eigenvalue weighted by atomic mass is 9.94. The Kier molecular flexibility index (Phi) is 7.71. The highest BCUT2D eigenvalue weighted by Crippen LogP contribution is 2.31. The summed E-state index contributed by atoms with van der Waals surface area (Å²) in [6.45, 7) is 4.45. The Morgan fingerprint density at radius 3 is 2.62 bits per heavy atom. The molecule has 0 saturated carbocycles. The molecule has 5 rings (SSSR count). The first-order chi connectivity index (χ1) is 18.8. The van der Waals surface area contributed by atoms with Crippen molar-refractivity contribution in [3.8, 4) is 16.9 Å². The lowest BCUT2D eigenvalue weighted by molar-refractivity contribution is 0.159. The Morgan fingerprint density at radius 1 is 1.13 bits per heavy atom. The highest BCUT2D eigenvalue weighted by molar-refractivity contribution is 5.91. The zero-order valence-corrected chi connectivity index (χ0v) is 22.1. The van der Waals surface area contributed by atoms with Crippen LogP contribution in [0.3, 0.4) is 0 Å². The molecule has 2 aromatic heterocycles. The van der Waals surface area contributed by atoms with E-state index in [-0.39, 0.29) is 17.8 Å². The summed E-state index contributed by atoms with van der Waals surface area (Å²) < 4.78 is 36.1. The van der Waals surface area contributed by atoms with Gasteiger partial charge in [-0.15, -0.1) is 0 Å². The predicted octanol–water partition coefficient (Wildman–Crippen LogP) is 4.10. The first kappa shape index (κ1) is 26.5. The monoisotopic (exact) mass is 535 g/mol.